The largest absolute Gasteiger partial charge is 0.494 e. The van der Waals surface area contributed by atoms with E-state index in [0.29, 0.717) is 0 Å². The molecule has 5 heteroatoms. The summed E-state index contributed by atoms with van der Waals surface area (Å²) in [5, 5.41) is 2.63. The molecule has 0 bridgehead atoms. The van der Waals surface area contributed by atoms with Crippen LogP contribution in [0.1, 0.15) is 10.4 Å². The third-order valence-electron chi connectivity index (χ3n) is 1.97. The maximum atomic E-state index is 13.3. The summed E-state index contributed by atoms with van der Waals surface area (Å²) >= 11 is 0. The van der Waals surface area contributed by atoms with E-state index in [1.54, 1.807) is 7.05 Å². The number of carbonyl (C=O) groups is 1. The Labute approximate surface area is 87.0 Å². The number of rotatable bonds is 3. The molecule has 0 amide bonds. The summed E-state index contributed by atoms with van der Waals surface area (Å²) in [7, 11) is 4.16. The predicted molar refractivity (Wildman–Crippen MR) is 53.8 cm³/mol. The lowest BCUT2D eigenvalue weighted by Crippen LogP contribution is -2.07. The van der Waals surface area contributed by atoms with Crippen molar-refractivity contribution < 1.29 is 18.7 Å². The molecule has 1 N–H and O–H groups in total. The molecule has 0 fully saturated rings. The molecule has 4 nitrogen and oxygen atoms in total. The van der Waals surface area contributed by atoms with E-state index >= 15 is 0 Å². The second-order valence-corrected chi connectivity index (χ2v) is 2.74. The third-order valence-corrected chi connectivity index (χ3v) is 1.97. The molecule has 0 aliphatic rings. The predicted octanol–water partition coefficient (Wildman–Crippen LogP) is 1.66. The van der Waals surface area contributed by atoms with E-state index in [2.05, 4.69) is 10.1 Å². The fourth-order valence-electron chi connectivity index (χ4n) is 1.27. The summed E-state index contributed by atoms with van der Waals surface area (Å²) in [4.78, 5) is 11.3. The number of hydrogen-bond acceptors (Lipinski definition) is 4. The van der Waals surface area contributed by atoms with E-state index in [4.69, 9.17) is 4.74 Å². The molecule has 82 valence electrons. The van der Waals surface area contributed by atoms with Gasteiger partial charge in [0, 0.05) is 7.05 Å². The van der Waals surface area contributed by atoms with Gasteiger partial charge in [-0.25, -0.2) is 9.18 Å². The number of carbonyl (C=O) groups excluding carboxylic acids is 1. The number of methoxy groups -OCH3 is 2. The zero-order valence-electron chi connectivity index (χ0n) is 8.76. The van der Waals surface area contributed by atoms with Gasteiger partial charge >= 0.3 is 5.97 Å². The summed E-state index contributed by atoms with van der Waals surface area (Å²) in [6.07, 6.45) is 0. The second kappa shape index (κ2) is 4.63. The van der Waals surface area contributed by atoms with Crippen molar-refractivity contribution in [2.24, 2.45) is 0 Å². The molecular formula is C10H12FNO3. The van der Waals surface area contributed by atoms with Crippen molar-refractivity contribution in [3.63, 3.8) is 0 Å². The van der Waals surface area contributed by atoms with Crippen LogP contribution >= 0.6 is 0 Å². The Hall–Kier alpha value is -1.78. The van der Waals surface area contributed by atoms with Crippen LogP contribution in [0.25, 0.3) is 0 Å². The highest BCUT2D eigenvalue weighted by atomic mass is 19.1. The second-order valence-electron chi connectivity index (χ2n) is 2.74. The van der Waals surface area contributed by atoms with Gasteiger partial charge in [0.2, 0.25) is 0 Å². The van der Waals surface area contributed by atoms with Crippen LogP contribution in [-0.2, 0) is 4.74 Å². The minimum Gasteiger partial charge on any atom is -0.494 e. The van der Waals surface area contributed by atoms with Crippen molar-refractivity contribution in [1.29, 1.82) is 0 Å². The van der Waals surface area contributed by atoms with Crippen molar-refractivity contribution in [3.8, 4) is 5.75 Å². The van der Waals surface area contributed by atoms with E-state index in [-0.39, 0.29) is 17.0 Å². The van der Waals surface area contributed by atoms with Gasteiger partial charge in [-0.1, -0.05) is 0 Å². The zero-order valence-corrected chi connectivity index (χ0v) is 8.76. The Morgan fingerprint density at radius 3 is 2.53 bits per heavy atom. The fourth-order valence-corrected chi connectivity index (χ4v) is 1.27. The van der Waals surface area contributed by atoms with Crippen LogP contribution in [0.4, 0.5) is 10.1 Å². The molecule has 0 aliphatic heterocycles. The molecular weight excluding hydrogens is 201 g/mol. The van der Waals surface area contributed by atoms with Gasteiger partial charge in [-0.2, -0.15) is 0 Å². The van der Waals surface area contributed by atoms with Crippen LogP contribution in [0, 0.1) is 5.82 Å². The summed E-state index contributed by atoms with van der Waals surface area (Å²) < 4.78 is 22.8. The van der Waals surface area contributed by atoms with Gasteiger partial charge < -0.3 is 14.8 Å². The first-order chi connectivity index (χ1) is 7.15. The number of esters is 1. The monoisotopic (exact) mass is 213 g/mol. The Balaban J connectivity index is 3.35. The van der Waals surface area contributed by atoms with Crippen molar-refractivity contribution in [2.75, 3.05) is 26.6 Å². The minimum absolute atomic E-state index is 0.139. The van der Waals surface area contributed by atoms with Gasteiger partial charge in [0.25, 0.3) is 0 Å². The minimum atomic E-state index is -0.566. The van der Waals surface area contributed by atoms with Gasteiger partial charge in [0.15, 0.2) is 5.75 Å². The maximum absolute atomic E-state index is 13.3. The lowest BCUT2D eigenvalue weighted by Gasteiger charge is -2.12. The molecule has 1 aromatic rings. The lowest BCUT2D eigenvalue weighted by molar-refractivity contribution is 0.0597. The Bertz CT molecular complexity index is 379. The van der Waals surface area contributed by atoms with Gasteiger partial charge in [-0.15, -0.1) is 0 Å². The Morgan fingerprint density at radius 1 is 1.40 bits per heavy atom. The van der Waals surface area contributed by atoms with Gasteiger partial charge in [0.1, 0.15) is 17.1 Å². The Kier molecular flexibility index (Phi) is 3.49. The summed E-state index contributed by atoms with van der Waals surface area (Å²) in [5.74, 6) is -0.908. The normalized spacial score (nSPS) is 9.60. The molecule has 0 saturated heterocycles. The highest BCUT2D eigenvalue weighted by Gasteiger charge is 2.18. The first-order valence-corrected chi connectivity index (χ1v) is 4.28. The number of ether oxygens (including phenoxy) is 2. The van der Waals surface area contributed by atoms with Crippen LogP contribution in [0.5, 0.6) is 5.75 Å². The molecule has 0 radical (unpaired) electrons. The molecule has 0 heterocycles. The number of anilines is 1. The van der Waals surface area contributed by atoms with Gasteiger partial charge in [-0.3, -0.25) is 0 Å². The highest BCUT2D eigenvalue weighted by molar-refractivity contribution is 5.94. The van der Waals surface area contributed by atoms with E-state index in [1.165, 1.54) is 26.4 Å². The number of nitrogens with one attached hydrogen (secondary N) is 1. The third kappa shape index (κ3) is 2.01. The van der Waals surface area contributed by atoms with Crippen LogP contribution in [0.15, 0.2) is 12.1 Å². The Morgan fingerprint density at radius 2 is 2.07 bits per heavy atom. The SMILES string of the molecule is CNc1c(F)ccc(C(=O)OC)c1OC. The smallest absolute Gasteiger partial charge is 0.341 e. The van der Waals surface area contributed by atoms with Crippen molar-refractivity contribution in [1.82, 2.24) is 0 Å². The molecule has 0 atom stereocenters. The van der Waals surface area contributed by atoms with Crippen LogP contribution in [0.2, 0.25) is 0 Å². The van der Waals surface area contributed by atoms with Crippen LogP contribution in [-0.4, -0.2) is 27.2 Å². The number of hydrogen-bond donors (Lipinski definition) is 1. The molecule has 0 saturated carbocycles. The first kappa shape index (κ1) is 11.3. The van der Waals surface area contributed by atoms with Crippen molar-refractivity contribution in [3.05, 3.63) is 23.5 Å². The molecule has 1 rings (SSSR count). The lowest BCUT2D eigenvalue weighted by atomic mass is 10.1. The summed E-state index contributed by atoms with van der Waals surface area (Å²) in [6.45, 7) is 0. The topological polar surface area (TPSA) is 47.6 Å². The molecule has 0 spiro atoms. The van der Waals surface area contributed by atoms with Crippen molar-refractivity contribution in [2.45, 2.75) is 0 Å². The molecule has 0 aliphatic carbocycles. The van der Waals surface area contributed by atoms with E-state index in [9.17, 15) is 9.18 Å². The number of halogens is 1. The molecule has 1 aromatic carbocycles. The van der Waals surface area contributed by atoms with Gasteiger partial charge in [-0.05, 0) is 12.1 Å². The highest BCUT2D eigenvalue weighted by Crippen LogP contribution is 2.31. The average molecular weight is 213 g/mol. The molecule has 15 heavy (non-hydrogen) atoms. The maximum Gasteiger partial charge on any atom is 0.341 e. The fraction of sp³-hybridized carbons (Fsp3) is 0.300. The van der Waals surface area contributed by atoms with Crippen molar-refractivity contribution >= 4 is 11.7 Å². The standard InChI is InChI=1S/C10H12FNO3/c1-12-8-7(11)5-4-6(9(8)14-2)10(13)15-3/h4-5,12H,1-3H3. The summed E-state index contributed by atoms with van der Waals surface area (Å²) in [6, 6.07) is 2.50. The summed E-state index contributed by atoms with van der Waals surface area (Å²) in [5.41, 5.74) is 0.325. The molecule has 0 aromatic heterocycles. The average Bonchev–Trinajstić information content (AvgIpc) is 2.27. The number of benzene rings is 1. The van der Waals surface area contributed by atoms with Crippen LogP contribution in [0.3, 0.4) is 0 Å². The van der Waals surface area contributed by atoms with E-state index in [0.717, 1.165) is 0 Å². The first-order valence-electron chi connectivity index (χ1n) is 4.28. The van der Waals surface area contributed by atoms with E-state index in [1.807, 2.05) is 0 Å². The zero-order chi connectivity index (χ0) is 11.4. The quantitative estimate of drug-likeness (QED) is 0.776. The van der Waals surface area contributed by atoms with Crippen LogP contribution < -0.4 is 10.1 Å². The van der Waals surface area contributed by atoms with E-state index < -0.39 is 11.8 Å². The van der Waals surface area contributed by atoms with Gasteiger partial charge in [0.05, 0.1) is 14.2 Å². The molecule has 0 unspecified atom stereocenters.